The average molecular weight is 373 g/mol. The van der Waals surface area contributed by atoms with E-state index in [0.29, 0.717) is 6.42 Å². The highest BCUT2D eigenvalue weighted by Crippen LogP contribution is 2.41. The van der Waals surface area contributed by atoms with Gasteiger partial charge in [0.2, 0.25) is 0 Å². The van der Waals surface area contributed by atoms with Gasteiger partial charge in [0, 0.05) is 12.1 Å². The zero-order valence-corrected chi connectivity index (χ0v) is 14.1. The molecule has 7 nitrogen and oxygen atoms in total. The van der Waals surface area contributed by atoms with Crippen molar-refractivity contribution < 1.29 is 32.6 Å². The lowest BCUT2D eigenvalue weighted by molar-refractivity contribution is -0.301. The molecule has 1 atom stereocenters. The lowest BCUT2D eigenvalue weighted by Gasteiger charge is -2.32. The molecule has 26 heavy (non-hydrogen) atoms. The highest BCUT2D eigenvalue weighted by molar-refractivity contribution is 6.40. The van der Waals surface area contributed by atoms with Gasteiger partial charge >= 0.3 is 18.0 Å². The van der Waals surface area contributed by atoms with Crippen LogP contribution in [0.15, 0.2) is 29.4 Å². The molecule has 1 heterocycles. The van der Waals surface area contributed by atoms with Crippen molar-refractivity contribution >= 4 is 23.2 Å². The van der Waals surface area contributed by atoms with Gasteiger partial charge in [-0.3, -0.25) is 9.59 Å². The maximum atomic E-state index is 13.3. The molecule has 1 aliphatic heterocycles. The first-order valence-corrected chi connectivity index (χ1v) is 7.78. The van der Waals surface area contributed by atoms with Gasteiger partial charge in [0.15, 0.2) is 0 Å². The summed E-state index contributed by atoms with van der Waals surface area (Å²) in [4.78, 5) is 24.4. The van der Waals surface area contributed by atoms with Crippen LogP contribution in [0, 0.1) is 0 Å². The minimum atomic E-state index is -5.17. The fourth-order valence-electron chi connectivity index (χ4n) is 2.50. The number of nitrogens with one attached hydrogen (secondary N) is 1. The zero-order valence-electron chi connectivity index (χ0n) is 14.1. The van der Waals surface area contributed by atoms with E-state index in [1.54, 1.807) is 19.1 Å². The molecule has 2 rings (SSSR count). The molecule has 1 aliphatic rings. The number of hydrazone groups is 1. The molecule has 0 saturated heterocycles. The highest BCUT2D eigenvalue weighted by atomic mass is 19.4. The molecule has 10 heteroatoms. The van der Waals surface area contributed by atoms with Gasteiger partial charge in [0.25, 0.3) is 5.72 Å². The summed E-state index contributed by atoms with van der Waals surface area (Å²) in [6.07, 6.45) is -5.43. The smallest absolute Gasteiger partial charge is 0.438 e. The second-order valence-corrected chi connectivity index (χ2v) is 5.68. The summed E-state index contributed by atoms with van der Waals surface area (Å²) in [6, 6.07) is 6.07. The summed E-state index contributed by atoms with van der Waals surface area (Å²) in [5.41, 5.74) is -3.46. The summed E-state index contributed by atoms with van der Waals surface area (Å²) in [5.74, 6) is -2.78. The third-order valence-electron chi connectivity index (χ3n) is 3.78. The van der Waals surface area contributed by atoms with Gasteiger partial charge < -0.3 is 15.2 Å². The van der Waals surface area contributed by atoms with E-state index in [2.05, 4.69) is 10.4 Å². The monoisotopic (exact) mass is 373 g/mol. The Morgan fingerprint density at radius 3 is 2.62 bits per heavy atom. The number of aliphatic hydroxyl groups is 1. The molecule has 2 amide bonds. The first-order chi connectivity index (χ1) is 12.1. The van der Waals surface area contributed by atoms with Crippen LogP contribution < -0.4 is 10.1 Å². The predicted molar refractivity (Wildman–Crippen MR) is 86.4 cm³/mol. The van der Waals surface area contributed by atoms with E-state index in [4.69, 9.17) is 4.74 Å². The Morgan fingerprint density at radius 1 is 1.38 bits per heavy atom. The molecule has 0 aliphatic carbocycles. The molecular weight excluding hydrogens is 355 g/mol. The Kier molecular flexibility index (Phi) is 5.55. The number of hydrogen-bond donors (Lipinski definition) is 2. The summed E-state index contributed by atoms with van der Waals surface area (Å²) in [6.45, 7) is 1.72. The minimum Gasteiger partial charge on any atom is -0.495 e. The summed E-state index contributed by atoms with van der Waals surface area (Å²) >= 11 is 0. The number of anilines is 1. The first-order valence-electron chi connectivity index (χ1n) is 7.78. The number of alkyl halides is 3. The standard InChI is InChI=1S/C16H18F3N3O4/c1-3-6-10-9-15(25,16(17,18)19)22(21-10)14(24)13(23)20-11-7-4-5-8-12(11)26-2/h4-5,7-8,25H,3,6,9H2,1-2H3,(H,20,23). The van der Waals surface area contributed by atoms with Crippen molar-refractivity contribution in [2.75, 3.05) is 12.4 Å². The molecule has 0 spiro atoms. The van der Waals surface area contributed by atoms with Gasteiger partial charge in [0.05, 0.1) is 12.8 Å². The van der Waals surface area contributed by atoms with Crippen LogP contribution in [0.3, 0.4) is 0 Å². The number of amides is 2. The second-order valence-electron chi connectivity index (χ2n) is 5.68. The number of carbonyl (C=O) groups excluding carboxylic acids is 2. The molecule has 0 fully saturated rings. The number of nitrogens with zero attached hydrogens (tertiary/aromatic N) is 2. The quantitative estimate of drug-likeness (QED) is 0.792. The molecule has 1 unspecified atom stereocenters. The highest BCUT2D eigenvalue weighted by Gasteiger charge is 2.63. The Labute approximate surface area is 147 Å². The predicted octanol–water partition coefficient (Wildman–Crippen LogP) is 2.27. The van der Waals surface area contributed by atoms with Crippen molar-refractivity contribution in [3.63, 3.8) is 0 Å². The molecule has 0 saturated carbocycles. The lowest BCUT2D eigenvalue weighted by Crippen LogP contribution is -2.58. The number of halogens is 3. The molecular formula is C16H18F3N3O4. The number of rotatable bonds is 4. The number of carbonyl (C=O) groups is 2. The van der Waals surface area contributed by atoms with E-state index in [0.717, 1.165) is 0 Å². The van der Waals surface area contributed by atoms with Crippen LogP contribution in [0.25, 0.3) is 0 Å². The van der Waals surface area contributed by atoms with Crippen LogP contribution in [0.1, 0.15) is 26.2 Å². The van der Waals surface area contributed by atoms with Crippen molar-refractivity contribution in [2.45, 2.75) is 38.1 Å². The van der Waals surface area contributed by atoms with Crippen LogP contribution >= 0.6 is 0 Å². The zero-order chi connectivity index (χ0) is 19.5. The van der Waals surface area contributed by atoms with E-state index in [9.17, 15) is 27.9 Å². The Morgan fingerprint density at radius 2 is 2.04 bits per heavy atom. The fraction of sp³-hybridized carbons (Fsp3) is 0.438. The first kappa shape index (κ1) is 19.7. The van der Waals surface area contributed by atoms with Crippen LogP contribution in [0.5, 0.6) is 5.75 Å². The average Bonchev–Trinajstić information content (AvgIpc) is 2.92. The number of hydrogen-bond acceptors (Lipinski definition) is 5. The number of benzene rings is 1. The lowest BCUT2D eigenvalue weighted by atomic mass is 10.0. The van der Waals surface area contributed by atoms with Crippen molar-refractivity contribution in [1.82, 2.24) is 5.01 Å². The summed E-state index contributed by atoms with van der Waals surface area (Å²) < 4.78 is 44.9. The molecule has 0 aromatic heterocycles. The molecule has 0 radical (unpaired) electrons. The number of ether oxygens (including phenoxy) is 1. The Balaban J connectivity index is 2.28. The van der Waals surface area contributed by atoms with Gasteiger partial charge in [-0.05, 0) is 18.6 Å². The third-order valence-corrected chi connectivity index (χ3v) is 3.78. The Bertz CT molecular complexity index is 736. The molecule has 1 aromatic rings. The van der Waals surface area contributed by atoms with E-state index in [1.807, 2.05) is 0 Å². The molecule has 1 aromatic carbocycles. The minimum absolute atomic E-state index is 0.00855. The fourth-order valence-corrected chi connectivity index (χ4v) is 2.50. The van der Waals surface area contributed by atoms with E-state index < -0.39 is 30.1 Å². The molecule has 142 valence electrons. The van der Waals surface area contributed by atoms with Crippen LogP contribution in [0.4, 0.5) is 18.9 Å². The van der Waals surface area contributed by atoms with Gasteiger partial charge in [-0.15, -0.1) is 0 Å². The molecule has 0 bridgehead atoms. The number of methoxy groups -OCH3 is 1. The topological polar surface area (TPSA) is 91.2 Å². The van der Waals surface area contributed by atoms with Crippen molar-refractivity contribution in [2.24, 2.45) is 5.10 Å². The third kappa shape index (κ3) is 3.64. The van der Waals surface area contributed by atoms with Crippen LogP contribution in [0.2, 0.25) is 0 Å². The maximum Gasteiger partial charge on any atom is 0.438 e. The molecule has 2 N–H and O–H groups in total. The summed E-state index contributed by atoms with van der Waals surface area (Å²) in [5, 5.41) is 15.6. The maximum absolute atomic E-state index is 13.3. The van der Waals surface area contributed by atoms with Crippen molar-refractivity contribution in [1.29, 1.82) is 0 Å². The van der Waals surface area contributed by atoms with Crippen LogP contribution in [-0.4, -0.2) is 46.7 Å². The summed E-state index contributed by atoms with van der Waals surface area (Å²) in [7, 11) is 1.33. The van der Waals surface area contributed by atoms with Gasteiger partial charge in [0.1, 0.15) is 5.75 Å². The van der Waals surface area contributed by atoms with Gasteiger partial charge in [-0.1, -0.05) is 25.5 Å². The van der Waals surface area contributed by atoms with E-state index in [1.165, 1.54) is 19.2 Å². The van der Waals surface area contributed by atoms with Gasteiger partial charge in [-0.25, -0.2) is 0 Å². The SMILES string of the molecule is CCCC1=NN(C(=O)C(=O)Nc2ccccc2OC)C(O)(C(F)(F)F)C1. The van der Waals surface area contributed by atoms with Crippen molar-refractivity contribution in [3.8, 4) is 5.75 Å². The van der Waals surface area contributed by atoms with E-state index in [-0.39, 0.29) is 28.6 Å². The van der Waals surface area contributed by atoms with Gasteiger partial charge in [-0.2, -0.15) is 23.3 Å². The van der Waals surface area contributed by atoms with Crippen molar-refractivity contribution in [3.05, 3.63) is 24.3 Å². The normalized spacial score (nSPS) is 19.9. The second kappa shape index (κ2) is 7.32. The largest absolute Gasteiger partial charge is 0.495 e. The number of para-hydroxylation sites is 2. The van der Waals surface area contributed by atoms with E-state index >= 15 is 0 Å². The Hall–Kier alpha value is -2.62. The van der Waals surface area contributed by atoms with Crippen LogP contribution in [-0.2, 0) is 9.59 Å².